The molecule has 0 unspecified atom stereocenters. The normalized spacial score (nSPS) is 16.8. The average Bonchev–Trinajstić information content (AvgIpc) is 3.58. The lowest BCUT2D eigenvalue weighted by Crippen LogP contribution is -2.47. The number of nitrogens with zero attached hydrogens (tertiary/aromatic N) is 3. The van der Waals surface area contributed by atoms with E-state index >= 15 is 0 Å². The predicted octanol–water partition coefficient (Wildman–Crippen LogP) is 3.67. The van der Waals surface area contributed by atoms with Crippen LogP contribution in [0.1, 0.15) is 36.0 Å². The van der Waals surface area contributed by atoms with Crippen molar-refractivity contribution < 1.29 is 9.59 Å². The lowest BCUT2D eigenvalue weighted by molar-refractivity contribution is -0.133. The molecule has 0 bridgehead atoms. The van der Waals surface area contributed by atoms with E-state index in [1.165, 1.54) is 0 Å². The number of carbonyl (C=O) groups excluding carboxylic acids is 2. The fraction of sp³-hybridized carbons (Fsp3) is 0.320. The van der Waals surface area contributed by atoms with E-state index in [0.29, 0.717) is 17.2 Å². The van der Waals surface area contributed by atoms with Crippen LogP contribution in [0.25, 0.3) is 16.9 Å². The van der Waals surface area contributed by atoms with Crippen LogP contribution in [0.5, 0.6) is 0 Å². The maximum Gasteiger partial charge on any atom is 0.255 e. The summed E-state index contributed by atoms with van der Waals surface area (Å²) in [5.41, 5.74) is 3.05. The minimum Gasteiger partial charge on any atom is -0.349 e. The van der Waals surface area contributed by atoms with Crippen molar-refractivity contribution in [2.24, 2.45) is 5.92 Å². The molecule has 2 heterocycles. The number of piperidine rings is 1. The second-order valence-electron chi connectivity index (χ2n) is 8.38. The number of rotatable bonds is 5. The molecule has 1 saturated carbocycles. The zero-order chi connectivity index (χ0) is 21.2. The van der Waals surface area contributed by atoms with Crippen LogP contribution in [-0.2, 0) is 4.79 Å². The van der Waals surface area contributed by atoms with E-state index < -0.39 is 0 Å². The quantitative estimate of drug-likeness (QED) is 0.693. The van der Waals surface area contributed by atoms with Gasteiger partial charge in [0.05, 0.1) is 11.3 Å². The summed E-state index contributed by atoms with van der Waals surface area (Å²) in [6, 6.07) is 19.7. The van der Waals surface area contributed by atoms with Gasteiger partial charge in [-0.05, 0) is 37.8 Å². The molecule has 1 aromatic heterocycles. The fourth-order valence-corrected chi connectivity index (χ4v) is 4.16. The molecule has 2 fully saturated rings. The number of likely N-dealkylation sites (tertiary alicyclic amines) is 1. The molecule has 0 spiro atoms. The Morgan fingerprint density at radius 1 is 0.871 bits per heavy atom. The Morgan fingerprint density at radius 3 is 2.16 bits per heavy atom. The first-order valence-electron chi connectivity index (χ1n) is 11.0. The number of hydrogen-bond donors (Lipinski definition) is 1. The molecule has 6 heteroatoms. The van der Waals surface area contributed by atoms with Gasteiger partial charge in [-0.25, -0.2) is 4.68 Å². The highest BCUT2D eigenvalue weighted by atomic mass is 16.2. The summed E-state index contributed by atoms with van der Waals surface area (Å²) in [5.74, 6) is 0.427. The van der Waals surface area contributed by atoms with Gasteiger partial charge in [-0.2, -0.15) is 5.10 Å². The molecular formula is C25H26N4O2. The third-order valence-corrected chi connectivity index (χ3v) is 6.10. The lowest BCUT2D eigenvalue weighted by atomic mass is 10.0. The summed E-state index contributed by atoms with van der Waals surface area (Å²) in [6.45, 7) is 1.43. The monoisotopic (exact) mass is 414 g/mol. The van der Waals surface area contributed by atoms with Crippen molar-refractivity contribution >= 4 is 11.8 Å². The summed E-state index contributed by atoms with van der Waals surface area (Å²) < 4.78 is 1.76. The van der Waals surface area contributed by atoms with Gasteiger partial charge in [-0.1, -0.05) is 48.5 Å². The van der Waals surface area contributed by atoms with E-state index in [1.807, 2.05) is 65.6 Å². The van der Waals surface area contributed by atoms with Crippen LogP contribution in [0.3, 0.4) is 0 Å². The molecule has 3 aromatic rings. The molecule has 2 amide bonds. The fourth-order valence-electron chi connectivity index (χ4n) is 4.16. The van der Waals surface area contributed by atoms with E-state index in [1.54, 1.807) is 10.9 Å². The SMILES string of the molecule is O=C(NC1CCN(C(=O)C2CC2)CC1)c1cn(-c2ccccc2)nc1-c1ccccc1. The molecule has 2 aliphatic rings. The molecule has 1 aliphatic carbocycles. The molecule has 0 radical (unpaired) electrons. The van der Waals surface area contributed by atoms with Crippen LogP contribution < -0.4 is 5.32 Å². The third kappa shape index (κ3) is 4.24. The molecule has 2 aromatic carbocycles. The smallest absolute Gasteiger partial charge is 0.255 e. The first-order valence-corrected chi connectivity index (χ1v) is 11.0. The molecule has 158 valence electrons. The highest BCUT2D eigenvalue weighted by Crippen LogP contribution is 2.32. The van der Waals surface area contributed by atoms with Crippen LogP contribution in [0.4, 0.5) is 0 Å². The Bertz CT molecular complexity index is 1070. The molecule has 31 heavy (non-hydrogen) atoms. The number of hydrogen-bond acceptors (Lipinski definition) is 3. The number of nitrogens with one attached hydrogen (secondary N) is 1. The van der Waals surface area contributed by atoms with E-state index in [9.17, 15) is 9.59 Å². The first-order chi connectivity index (χ1) is 15.2. The first kappa shape index (κ1) is 19.5. The van der Waals surface area contributed by atoms with Crippen molar-refractivity contribution in [1.29, 1.82) is 0 Å². The van der Waals surface area contributed by atoms with Gasteiger partial charge in [0.2, 0.25) is 5.91 Å². The molecule has 1 aliphatic heterocycles. The van der Waals surface area contributed by atoms with Crippen LogP contribution in [0, 0.1) is 5.92 Å². The summed E-state index contributed by atoms with van der Waals surface area (Å²) in [6.07, 6.45) is 5.44. The van der Waals surface area contributed by atoms with Crippen molar-refractivity contribution in [2.45, 2.75) is 31.7 Å². The summed E-state index contributed by atoms with van der Waals surface area (Å²) >= 11 is 0. The van der Waals surface area contributed by atoms with Crippen molar-refractivity contribution in [1.82, 2.24) is 20.0 Å². The molecule has 1 saturated heterocycles. The van der Waals surface area contributed by atoms with Crippen LogP contribution in [0.15, 0.2) is 66.9 Å². The Balaban J connectivity index is 1.34. The predicted molar refractivity (Wildman–Crippen MR) is 119 cm³/mol. The van der Waals surface area contributed by atoms with Crippen LogP contribution in [-0.4, -0.2) is 45.6 Å². The molecule has 0 atom stereocenters. The minimum atomic E-state index is -0.118. The van der Waals surface area contributed by atoms with E-state index in [-0.39, 0.29) is 17.9 Å². The molecule has 1 N–H and O–H groups in total. The Kier molecular flexibility index (Phi) is 5.28. The van der Waals surface area contributed by atoms with Crippen molar-refractivity contribution in [3.8, 4) is 16.9 Å². The van der Waals surface area contributed by atoms with Crippen molar-refractivity contribution in [3.05, 3.63) is 72.4 Å². The number of benzene rings is 2. The lowest BCUT2D eigenvalue weighted by Gasteiger charge is -2.32. The molecule has 5 rings (SSSR count). The van der Waals surface area contributed by atoms with Crippen LogP contribution >= 0.6 is 0 Å². The van der Waals surface area contributed by atoms with Gasteiger partial charge in [-0.3, -0.25) is 9.59 Å². The highest BCUT2D eigenvalue weighted by Gasteiger charge is 2.35. The Morgan fingerprint density at radius 2 is 1.52 bits per heavy atom. The van der Waals surface area contributed by atoms with Crippen molar-refractivity contribution in [3.63, 3.8) is 0 Å². The zero-order valence-electron chi connectivity index (χ0n) is 17.4. The van der Waals surface area contributed by atoms with E-state index in [2.05, 4.69) is 5.32 Å². The topological polar surface area (TPSA) is 67.2 Å². The molecule has 6 nitrogen and oxygen atoms in total. The highest BCUT2D eigenvalue weighted by molar-refractivity contribution is 6.00. The average molecular weight is 415 g/mol. The molecular weight excluding hydrogens is 388 g/mol. The largest absolute Gasteiger partial charge is 0.349 e. The maximum atomic E-state index is 13.2. The number of aromatic nitrogens is 2. The standard InChI is InChI=1S/C25H26N4O2/c30-24(26-20-13-15-28(16-14-20)25(31)19-11-12-19)22-17-29(21-9-5-2-6-10-21)27-23(22)18-7-3-1-4-8-18/h1-10,17,19-20H,11-16H2,(H,26,30). The summed E-state index contributed by atoms with van der Waals surface area (Å²) in [5, 5.41) is 7.91. The Labute approximate surface area is 181 Å². The summed E-state index contributed by atoms with van der Waals surface area (Å²) in [4.78, 5) is 27.5. The Hall–Kier alpha value is -3.41. The number of carbonyl (C=O) groups is 2. The van der Waals surface area contributed by atoms with Gasteiger partial charge in [0.25, 0.3) is 5.91 Å². The second-order valence-corrected chi connectivity index (χ2v) is 8.38. The van der Waals surface area contributed by atoms with Gasteiger partial charge in [0.15, 0.2) is 0 Å². The second kappa shape index (κ2) is 8.38. The van der Waals surface area contributed by atoms with Gasteiger partial charge in [0, 0.05) is 36.8 Å². The summed E-state index contributed by atoms with van der Waals surface area (Å²) in [7, 11) is 0. The van der Waals surface area contributed by atoms with Crippen molar-refractivity contribution in [2.75, 3.05) is 13.1 Å². The van der Waals surface area contributed by atoms with Crippen LogP contribution in [0.2, 0.25) is 0 Å². The minimum absolute atomic E-state index is 0.0689. The maximum absolute atomic E-state index is 13.2. The number of amides is 2. The van der Waals surface area contributed by atoms with Gasteiger partial charge < -0.3 is 10.2 Å². The van der Waals surface area contributed by atoms with Gasteiger partial charge in [-0.15, -0.1) is 0 Å². The van der Waals surface area contributed by atoms with E-state index in [4.69, 9.17) is 5.10 Å². The number of para-hydroxylation sites is 1. The van der Waals surface area contributed by atoms with Gasteiger partial charge in [0.1, 0.15) is 5.69 Å². The van der Waals surface area contributed by atoms with Gasteiger partial charge >= 0.3 is 0 Å². The third-order valence-electron chi connectivity index (χ3n) is 6.10. The zero-order valence-corrected chi connectivity index (χ0v) is 17.4. The van der Waals surface area contributed by atoms with E-state index in [0.717, 1.165) is 50.0 Å².